The molecule has 0 aliphatic carbocycles. The topological polar surface area (TPSA) is 64.7 Å². The minimum absolute atomic E-state index is 0.132. The quantitative estimate of drug-likeness (QED) is 0.663. The lowest BCUT2D eigenvalue weighted by Crippen LogP contribution is -2.41. The molecule has 1 aliphatic rings. The molecule has 0 spiro atoms. The van der Waals surface area contributed by atoms with Gasteiger partial charge in [-0.05, 0) is 62.8 Å². The number of aliphatic hydroxyl groups is 1. The number of anilines is 1. The summed E-state index contributed by atoms with van der Waals surface area (Å²) in [6, 6.07) is 5.94. The van der Waals surface area contributed by atoms with E-state index in [1.54, 1.807) is 0 Å². The fourth-order valence-corrected chi connectivity index (χ4v) is 2.35. The molecule has 1 aromatic rings. The fourth-order valence-electron chi connectivity index (χ4n) is 2.35. The van der Waals surface area contributed by atoms with Gasteiger partial charge in [-0.25, -0.2) is 0 Å². The third kappa shape index (κ3) is 3.22. The summed E-state index contributed by atoms with van der Waals surface area (Å²) in [7, 11) is -0.556. The Labute approximate surface area is 133 Å². The molecule has 120 valence electrons. The first-order valence-electron chi connectivity index (χ1n) is 7.75. The summed E-state index contributed by atoms with van der Waals surface area (Å²) in [6.45, 7) is 9.94. The van der Waals surface area contributed by atoms with Gasteiger partial charge in [0.1, 0.15) is 0 Å². The monoisotopic (exact) mass is 303 g/mol. The number of aryl methyl sites for hydroxylation is 1. The van der Waals surface area contributed by atoms with Crippen molar-refractivity contribution < 1.29 is 14.4 Å². The van der Waals surface area contributed by atoms with Crippen LogP contribution in [-0.4, -0.2) is 30.0 Å². The molecule has 0 aromatic heterocycles. The number of nitrogen functional groups attached to an aromatic ring is 1. The van der Waals surface area contributed by atoms with Crippen molar-refractivity contribution in [2.75, 3.05) is 12.3 Å². The molecule has 5 heteroatoms. The molecule has 1 aromatic carbocycles. The van der Waals surface area contributed by atoms with Gasteiger partial charge in [-0.1, -0.05) is 19.1 Å². The third-order valence-electron chi connectivity index (χ3n) is 4.64. The maximum absolute atomic E-state index is 9.74. The van der Waals surface area contributed by atoms with Gasteiger partial charge in [0.25, 0.3) is 0 Å². The van der Waals surface area contributed by atoms with Crippen LogP contribution in [0.5, 0.6) is 0 Å². The molecule has 0 unspecified atom stereocenters. The molecule has 4 nitrogen and oxygen atoms in total. The van der Waals surface area contributed by atoms with E-state index >= 15 is 0 Å². The second-order valence-corrected chi connectivity index (χ2v) is 6.78. The van der Waals surface area contributed by atoms with Crippen LogP contribution in [0.3, 0.4) is 0 Å². The van der Waals surface area contributed by atoms with Crippen molar-refractivity contribution in [2.45, 2.75) is 52.2 Å². The molecule has 0 atom stereocenters. The number of hydrogen-bond donors (Lipinski definition) is 2. The maximum Gasteiger partial charge on any atom is 0.492 e. The first-order valence-corrected chi connectivity index (χ1v) is 7.75. The zero-order chi connectivity index (χ0) is 16.5. The van der Waals surface area contributed by atoms with Crippen molar-refractivity contribution in [3.05, 3.63) is 34.8 Å². The van der Waals surface area contributed by atoms with E-state index < -0.39 is 18.3 Å². The van der Waals surface area contributed by atoms with Gasteiger partial charge < -0.3 is 20.1 Å². The molecular formula is C17H26BNO3. The van der Waals surface area contributed by atoms with Crippen LogP contribution in [0, 0.1) is 0 Å². The van der Waals surface area contributed by atoms with Gasteiger partial charge in [0, 0.05) is 5.69 Å². The lowest BCUT2D eigenvalue weighted by atomic mass is 9.77. The lowest BCUT2D eigenvalue weighted by molar-refractivity contribution is 0.00578. The van der Waals surface area contributed by atoms with Gasteiger partial charge >= 0.3 is 7.12 Å². The van der Waals surface area contributed by atoms with Crippen LogP contribution < -0.4 is 5.73 Å². The van der Waals surface area contributed by atoms with E-state index in [0.717, 1.165) is 12.0 Å². The standard InChI is InChI=1S/C17H26BNO3/c1-6-12-7-8-15(19)13(9-12)10-14(11-20)18-21-16(2,3)17(4,5)22-18/h7-10,20H,6,11,19H2,1-5H3. The van der Waals surface area contributed by atoms with Crippen molar-refractivity contribution >= 4 is 18.9 Å². The number of rotatable bonds is 4. The summed E-state index contributed by atoms with van der Waals surface area (Å²) in [5.74, 6) is 0. The summed E-state index contributed by atoms with van der Waals surface area (Å²) in [6.07, 6.45) is 2.81. The Morgan fingerprint density at radius 3 is 2.32 bits per heavy atom. The molecule has 1 fully saturated rings. The Balaban J connectivity index is 2.33. The molecule has 3 N–H and O–H groups in total. The van der Waals surface area contributed by atoms with Gasteiger partial charge in [-0.15, -0.1) is 0 Å². The molecule has 1 heterocycles. The molecule has 0 bridgehead atoms. The second kappa shape index (κ2) is 6.07. The average molecular weight is 303 g/mol. The van der Waals surface area contributed by atoms with Gasteiger partial charge in [-0.2, -0.15) is 0 Å². The van der Waals surface area contributed by atoms with E-state index in [-0.39, 0.29) is 6.61 Å². The normalized spacial score (nSPS) is 20.5. The lowest BCUT2D eigenvalue weighted by Gasteiger charge is -2.32. The molecule has 0 saturated carbocycles. The van der Waals surface area contributed by atoms with E-state index in [9.17, 15) is 5.11 Å². The van der Waals surface area contributed by atoms with Gasteiger partial charge in [0.2, 0.25) is 0 Å². The highest BCUT2D eigenvalue weighted by atomic mass is 16.7. The molecule has 1 saturated heterocycles. The third-order valence-corrected chi connectivity index (χ3v) is 4.64. The molecule has 0 radical (unpaired) electrons. The summed E-state index contributed by atoms with van der Waals surface area (Å²) < 4.78 is 12.0. The van der Waals surface area contributed by atoms with Crippen molar-refractivity contribution in [2.24, 2.45) is 0 Å². The van der Waals surface area contributed by atoms with E-state index in [2.05, 4.69) is 6.92 Å². The maximum atomic E-state index is 9.74. The molecule has 1 aliphatic heterocycles. The first kappa shape index (κ1) is 17.1. The largest absolute Gasteiger partial charge is 0.492 e. The van der Waals surface area contributed by atoms with Crippen LogP contribution in [0.1, 0.15) is 45.7 Å². The SMILES string of the molecule is CCc1ccc(N)c(C=C(CO)B2OC(C)(C)C(C)(C)O2)c1. The predicted octanol–water partition coefficient (Wildman–Crippen LogP) is 2.84. The van der Waals surface area contributed by atoms with Crippen LogP contribution in [-0.2, 0) is 15.7 Å². The number of benzene rings is 1. The average Bonchev–Trinajstić information content (AvgIpc) is 2.66. The van der Waals surface area contributed by atoms with Crippen molar-refractivity contribution in [1.29, 1.82) is 0 Å². The van der Waals surface area contributed by atoms with Crippen LogP contribution in [0.15, 0.2) is 23.7 Å². The zero-order valence-electron chi connectivity index (χ0n) is 14.1. The summed E-state index contributed by atoms with van der Waals surface area (Å²) in [4.78, 5) is 0. The highest BCUT2D eigenvalue weighted by Gasteiger charge is 2.52. The summed E-state index contributed by atoms with van der Waals surface area (Å²) in [5.41, 5.74) is 8.64. The van der Waals surface area contributed by atoms with Gasteiger partial charge in [0.15, 0.2) is 0 Å². The Morgan fingerprint density at radius 1 is 1.23 bits per heavy atom. The highest BCUT2D eigenvalue weighted by Crippen LogP contribution is 2.38. The minimum Gasteiger partial charge on any atom is -0.400 e. The highest BCUT2D eigenvalue weighted by molar-refractivity contribution is 6.55. The van der Waals surface area contributed by atoms with E-state index in [1.807, 2.05) is 52.0 Å². The van der Waals surface area contributed by atoms with Gasteiger partial charge in [0.05, 0.1) is 17.8 Å². The second-order valence-electron chi connectivity index (χ2n) is 6.78. The van der Waals surface area contributed by atoms with Crippen LogP contribution in [0.2, 0.25) is 0 Å². The molecule has 2 rings (SSSR count). The molecule has 22 heavy (non-hydrogen) atoms. The molecular weight excluding hydrogens is 277 g/mol. The van der Waals surface area contributed by atoms with Crippen LogP contribution in [0.4, 0.5) is 5.69 Å². The Bertz CT molecular complexity index is 565. The van der Waals surface area contributed by atoms with Crippen molar-refractivity contribution in [1.82, 2.24) is 0 Å². The van der Waals surface area contributed by atoms with E-state index in [1.165, 1.54) is 5.56 Å². The predicted molar refractivity (Wildman–Crippen MR) is 91.4 cm³/mol. The number of aliphatic hydroxyl groups excluding tert-OH is 1. The minimum atomic E-state index is -0.556. The van der Waals surface area contributed by atoms with Crippen molar-refractivity contribution in [3.8, 4) is 0 Å². The Kier molecular flexibility index (Phi) is 4.71. The Morgan fingerprint density at radius 2 is 1.82 bits per heavy atom. The summed E-state index contributed by atoms with van der Waals surface area (Å²) >= 11 is 0. The fraction of sp³-hybridized carbons (Fsp3) is 0.529. The van der Waals surface area contributed by atoms with Crippen LogP contribution >= 0.6 is 0 Å². The number of hydrogen-bond acceptors (Lipinski definition) is 4. The first-order chi connectivity index (χ1) is 10.2. The zero-order valence-corrected chi connectivity index (χ0v) is 14.1. The number of nitrogens with two attached hydrogens (primary N) is 1. The molecule has 0 amide bonds. The summed E-state index contributed by atoms with van der Waals surface area (Å²) in [5, 5.41) is 9.74. The Hall–Kier alpha value is -1.30. The van der Waals surface area contributed by atoms with E-state index in [4.69, 9.17) is 15.0 Å². The smallest absolute Gasteiger partial charge is 0.400 e. The van der Waals surface area contributed by atoms with Crippen molar-refractivity contribution in [3.63, 3.8) is 0 Å². The van der Waals surface area contributed by atoms with Gasteiger partial charge in [-0.3, -0.25) is 0 Å². The van der Waals surface area contributed by atoms with E-state index in [0.29, 0.717) is 11.2 Å². The van der Waals surface area contributed by atoms with Crippen LogP contribution in [0.25, 0.3) is 6.08 Å².